The fourth-order valence-electron chi connectivity index (χ4n) is 2.33. The summed E-state index contributed by atoms with van der Waals surface area (Å²) in [5, 5.41) is 5.25. The highest BCUT2D eigenvalue weighted by Gasteiger charge is 2.28. The first kappa shape index (κ1) is 18.8. The molecule has 0 unspecified atom stereocenters. The van der Waals surface area contributed by atoms with Gasteiger partial charge < -0.3 is 20.1 Å². The van der Waals surface area contributed by atoms with Crippen LogP contribution in [0.2, 0.25) is 0 Å². The molecule has 1 aromatic rings. The zero-order valence-corrected chi connectivity index (χ0v) is 14.5. The maximum Gasteiger partial charge on any atom is 0.325 e. The molecule has 0 saturated heterocycles. The van der Waals surface area contributed by atoms with E-state index in [1.807, 2.05) is 13.8 Å². The van der Waals surface area contributed by atoms with Crippen LogP contribution in [0.3, 0.4) is 0 Å². The third-order valence-corrected chi connectivity index (χ3v) is 3.90. The van der Waals surface area contributed by atoms with Crippen LogP contribution in [-0.4, -0.2) is 43.6 Å². The van der Waals surface area contributed by atoms with Crippen molar-refractivity contribution in [2.45, 2.75) is 32.7 Å². The Morgan fingerprint density at radius 2 is 1.88 bits per heavy atom. The molecule has 1 saturated carbocycles. The normalized spacial score (nSPS) is 14.3. The van der Waals surface area contributed by atoms with Gasteiger partial charge in [-0.3, -0.25) is 14.4 Å². The van der Waals surface area contributed by atoms with Crippen LogP contribution in [0.5, 0.6) is 5.75 Å². The molecule has 1 fully saturated rings. The molecule has 7 nitrogen and oxygen atoms in total. The molecule has 1 aromatic carbocycles. The first-order valence-corrected chi connectivity index (χ1v) is 8.45. The third kappa shape index (κ3) is 6.45. The summed E-state index contributed by atoms with van der Waals surface area (Å²) in [4.78, 5) is 35.2. The van der Waals surface area contributed by atoms with Crippen molar-refractivity contribution in [3.63, 3.8) is 0 Å². The summed E-state index contributed by atoms with van der Waals surface area (Å²) < 4.78 is 10.2. The lowest BCUT2D eigenvalue weighted by atomic mass is 10.2. The van der Waals surface area contributed by atoms with Gasteiger partial charge in [-0.25, -0.2) is 0 Å². The first-order chi connectivity index (χ1) is 12.0. The minimum atomic E-state index is -0.659. The summed E-state index contributed by atoms with van der Waals surface area (Å²) in [7, 11) is 0. The lowest BCUT2D eigenvalue weighted by Gasteiger charge is -2.12. The molecule has 0 heterocycles. The summed E-state index contributed by atoms with van der Waals surface area (Å²) in [6.45, 7) is 3.73. The Morgan fingerprint density at radius 3 is 2.48 bits per heavy atom. The molecule has 1 atom stereocenters. The van der Waals surface area contributed by atoms with Gasteiger partial charge in [-0.05, 0) is 56.9 Å². The van der Waals surface area contributed by atoms with Gasteiger partial charge in [0, 0.05) is 11.6 Å². The second-order valence-electron chi connectivity index (χ2n) is 5.99. The molecule has 0 bridgehead atoms. The van der Waals surface area contributed by atoms with Crippen LogP contribution in [0.4, 0.5) is 0 Å². The smallest absolute Gasteiger partial charge is 0.325 e. The van der Waals surface area contributed by atoms with Crippen LogP contribution < -0.4 is 15.4 Å². The number of benzene rings is 1. The lowest BCUT2D eigenvalue weighted by Crippen LogP contribution is -2.38. The summed E-state index contributed by atoms with van der Waals surface area (Å²) in [6, 6.07) is 6.69. The van der Waals surface area contributed by atoms with E-state index in [2.05, 4.69) is 10.6 Å². The summed E-state index contributed by atoms with van der Waals surface area (Å²) in [5.41, 5.74) is 0.409. The first-order valence-electron chi connectivity index (χ1n) is 8.45. The van der Waals surface area contributed by atoms with Crippen LogP contribution in [0.1, 0.15) is 37.0 Å². The average molecular weight is 348 g/mol. The molecule has 7 heteroatoms. The van der Waals surface area contributed by atoms with E-state index in [4.69, 9.17) is 9.47 Å². The molecule has 0 aromatic heterocycles. The molecule has 1 aliphatic rings. The molecule has 0 aliphatic heterocycles. The molecule has 2 amide bonds. The van der Waals surface area contributed by atoms with E-state index in [0.29, 0.717) is 23.8 Å². The average Bonchev–Trinajstić information content (AvgIpc) is 3.44. The van der Waals surface area contributed by atoms with E-state index < -0.39 is 11.9 Å². The predicted octanol–water partition coefficient (Wildman–Crippen LogP) is 1.27. The van der Waals surface area contributed by atoms with Gasteiger partial charge in [0.2, 0.25) is 0 Å². The van der Waals surface area contributed by atoms with Crippen LogP contribution in [0.25, 0.3) is 0 Å². The van der Waals surface area contributed by atoms with Gasteiger partial charge in [-0.2, -0.15) is 0 Å². The Balaban J connectivity index is 1.66. The van der Waals surface area contributed by atoms with E-state index in [0.717, 1.165) is 12.8 Å². The number of rotatable bonds is 9. The van der Waals surface area contributed by atoms with Crippen LogP contribution in [0, 0.1) is 5.92 Å². The Labute approximate surface area is 147 Å². The number of carbonyl (C=O) groups excluding carboxylic acids is 3. The van der Waals surface area contributed by atoms with Crippen molar-refractivity contribution in [3.05, 3.63) is 29.8 Å². The van der Waals surface area contributed by atoms with Crippen molar-refractivity contribution in [2.24, 2.45) is 5.92 Å². The lowest BCUT2D eigenvalue weighted by molar-refractivity contribution is -0.147. The van der Waals surface area contributed by atoms with Crippen molar-refractivity contribution in [1.29, 1.82) is 0 Å². The Bertz CT molecular complexity index is 610. The molecule has 0 radical (unpaired) electrons. The van der Waals surface area contributed by atoms with Crippen molar-refractivity contribution < 1.29 is 23.9 Å². The highest BCUT2D eigenvalue weighted by Crippen LogP contribution is 2.32. The van der Waals surface area contributed by atoms with Crippen molar-refractivity contribution in [3.8, 4) is 5.75 Å². The third-order valence-electron chi connectivity index (χ3n) is 3.90. The Kier molecular flexibility index (Phi) is 6.80. The van der Waals surface area contributed by atoms with Crippen molar-refractivity contribution >= 4 is 17.8 Å². The van der Waals surface area contributed by atoms with Crippen molar-refractivity contribution in [1.82, 2.24) is 10.6 Å². The standard InChI is InChI=1S/C18H24N2O5/c1-3-24-15-8-6-14(7-9-15)18(23)19-10-17(22)25-11-16(21)20-12(2)13-4-5-13/h6-9,12-13H,3-5,10-11H2,1-2H3,(H,19,23)(H,20,21)/t12-/m0/s1. The number of hydrogen-bond acceptors (Lipinski definition) is 5. The quantitative estimate of drug-likeness (QED) is 0.656. The van der Waals surface area contributed by atoms with Gasteiger partial charge in [0.25, 0.3) is 11.8 Å². The van der Waals surface area contributed by atoms with Gasteiger partial charge >= 0.3 is 5.97 Å². The highest BCUT2D eigenvalue weighted by atomic mass is 16.5. The van der Waals surface area contributed by atoms with Gasteiger partial charge in [0.15, 0.2) is 6.61 Å². The zero-order chi connectivity index (χ0) is 18.2. The minimum Gasteiger partial charge on any atom is -0.494 e. The van der Waals surface area contributed by atoms with Gasteiger partial charge in [0.05, 0.1) is 6.61 Å². The molecule has 1 aliphatic carbocycles. The topological polar surface area (TPSA) is 93.7 Å². The number of nitrogens with one attached hydrogen (secondary N) is 2. The van der Waals surface area contributed by atoms with Crippen LogP contribution in [0.15, 0.2) is 24.3 Å². The molecule has 25 heavy (non-hydrogen) atoms. The van der Waals surface area contributed by atoms with E-state index in [-0.39, 0.29) is 25.1 Å². The molecular formula is C18H24N2O5. The SMILES string of the molecule is CCOc1ccc(C(=O)NCC(=O)OCC(=O)N[C@@H](C)C2CC2)cc1. The largest absolute Gasteiger partial charge is 0.494 e. The Morgan fingerprint density at radius 1 is 1.20 bits per heavy atom. The number of ether oxygens (including phenoxy) is 2. The van der Waals surface area contributed by atoms with E-state index in [1.54, 1.807) is 24.3 Å². The minimum absolute atomic E-state index is 0.102. The number of hydrogen-bond donors (Lipinski definition) is 2. The zero-order valence-electron chi connectivity index (χ0n) is 14.5. The van der Waals surface area contributed by atoms with Gasteiger partial charge in [0.1, 0.15) is 12.3 Å². The monoisotopic (exact) mass is 348 g/mol. The fraction of sp³-hybridized carbons (Fsp3) is 0.500. The summed E-state index contributed by atoms with van der Waals surface area (Å²) >= 11 is 0. The molecule has 0 spiro atoms. The van der Waals surface area contributed by atoms with Crippen LogP contribution in [-0.2, 0) is 14.3 Å². The predicted molar refractivity (Wildman–Crippen MR) is 91.2 cm³/mol. The second-order valence-corrected chi connectivity index (χ2v) is 5.99. The summed E-state index contributed by atoms with van der Waals surface area (Å²) in [6.07, 6.45) is 2.25. The number of carbonyl (C=O) groups is 3. The molecule has 2 rings (SSSR count). The van der Waals surface area contributed by atoms with Gasteiger partial charge in [-0.1, -0.05) is 0 Å². The fourth-order valence-corrected chi connectivity index (χ4v) is 2.33. The van der Waals surface area contributed by atoms with E-state index >= 15 is 0 Å². The number of esters is 1. The maximum atomic E-state index is 11.9. The van der Waals surface area contributed by atoms with Crippen LogP contribution >= 0.6 is 0 Å². The Hall–Kier alpha value is -2.57. The molecular weight excluding hydrogens is 324 g/mol. The second kappa shape index (κ2) is 9.05. The van der Waals surface area contributed by atoms with E-state index in [1.165, 1.54) is 0 Å². The van der Waals surface area contributed by atoms with E-state index in [9.17, 15) is 14.4 Å². The van der Waals surface area contributed by atoms with Crippen molar-refractivity contribution in [2.75, 3.05) is 19.8 Å². The highest BCUT2D eigenvalue weighted by molar-refractivity contribution is 5.96. The maximum absolute atomic E-state index is 11.9. The molecule has 2 N–H and O–H groups in total. The number of amides is 2. The van der Waals surface area contributed by atoms with Gasteiger partial charge in [-0.15, -0.1) is 0 Å². The summed E-state index contributed by atoms with van der Waals surface area (Å²) in [5.74, 6) is -0.177. The molecule has 136 valence electrons.